The largest absolute Gasteiger partial charge is 0.264 e. The van der Waals surface area contributed by atoms with Crippen LogP contribution in [-0.2, 0) is 0 Å². The molecule has 226 valence electrons. The minimum absolute atomic E-state index is 0.628. The molecule has 2 aromatic heterocycles. The molecule has 0 aliphatic carbocycles. The van der Waals surface area contributed by atoms with Gasteiger partial charge < -0.3 is 0 Å². The Labute approximate surface area is 280 Å². The number of pyridine rings is 1. The molecule has 4 nitrogen and oxygen atoms in total. The molecule has 0 aliphatic rings. The van der Waals surface area contributed by atoms with Crippen LogP contribution in [0.3, 0.4) is 0 Å². The van der Waals surface area contributed by atoms with Crippen LogP contribution in [0.2, 0.25) is 0 Å². The zero-order valence-electron chi connectivity index (χ0n) is 26.1. The maximum atomic E-state index is 4.98. The third-order valence-electron chi connectivity index (χ3n) is 8.47. The number of rotatable bonds is 7. The lowest BCUT2D eigenvalue weighted by molar-refractivity contribution is 1.07. The third-order valence-corrected chi connectivity index (χ3v) is 8.47. The Morgan fingerprint density at radius 2 is 0.667 bits per heavy atom. The van der Waals surface area contributed by atoms with E-state index in [9.17, 15) is 0 Å². The quantitative estimate of drug-likeness (QED) is 0.179. The Morgan fingerprint density at radius 3 is 1.21 bits per heavy atom. The van der Waals surface area contributed by atoms with Gasteiger partial charge in [-0.05, 0) is 56.6 Å². The summed E-state index contributed by atoms with van der Waals surface area (Å²) in [5, 5.41) is 0. The summed E-state index contributed by atoms with van der Waals surface area (Å²) in [4.78, 5) is 19.1. The molecule has 48 heavy (non-hydrogen) atoms. The van der Waals surface area contributed by atoms with Crippen molar-refractivity contribution in [2.75, 3.05) is 0 Å². The lowest BCUT2D eigenvalue weighted by Crippen LogP contribution is -2.00. The maximum absolute atomic E-state index is 4.98. The van der Waals surface area contributed by atoms with E-state index < -0.39 is 0 Å². The molecule has 2 heterocycles. The predicted octanol–water partition coefficient (Wildman–Crippen LogP) is 10.9. The van der Waals surface area contributed by atoms with Crippen LogP contribution >= 0.6 is 0 Å². The Balaban J connectivity index is 1.18. The molecule has 0 saturated carbocycles. The molecule has 0 fully saturated rings. The first-order valence-corrected chi connectivity index (χ1v) is 16.0. The molecule has 0 spiro atoms. The van der Waals surface area contributed by atoms with Gasteiger partial charge in [0.25, 0.3) is 0 Å². The van der Waals surface area contributed by atoms with Crippen molar-refractivity contribution >= 4 is 0 Å². The van der Waals surface area contributed by atoms with E-state index in [4.69, 9.17) is 15.0 Å². The van der Waals surface area contributed by atoms with Crippen molar-refractivity contribution in [3.63, 3.8) is 0 Å². The molecule has 0 saturated heterocycles. The number of aromatic nitrogens is 4. The number of benzene rings is 6. The van der Waals surface area contributed by atoms with E-state index in [2.05, 4.69) is 138 Å². The van der Waals surface area contributed by atoms with Gasteiger partial charge in [-0.2, -0.15) is 0 Å². The fourth-order valence-corrected chi connectivity index (χ4v) is 5.96. The average molecular weight is 615 g/mol. The SMILES string of the molecule is c1ccc(-c2ccc(-c3ccc(-c4nc(-c5ccccc5)nc(-c5ccc(-c6cccnc6)cc5)n4)cc3)c(-c3ccccc3)c2)cc1. The molecule has 0 N–H and O–H groups in total. The summed E-state index contributed by atoms with van der Waals surface area (Å²) in [6.45, 7) is 0. The highest BCUT2D eigenvalue weighted by Gasteiger charge is 2.14. The van der Waals surface area contributed by atoms with Crippen molar-refractivity contribution in [2.24, 2.45) is 0 Å². The van der Waals surface area contributed by atoms with Gasteiger partial charge in [0.15, 0.2) is 17.5 Å². The molecular formula is C44H30N4. The van der Waals surface area contributed by atoms with Gasteiger partial charge in [-0.25, -0.2) is 15.0 Å². The smallest absolute Gasteiger partial charge is 0.164 e. The molecule has 0 atom stereocenters. The molecular weight excluding hydrogens is 585 g/mol. The summed E-state index contributed by atoms with van der Waals surface area (Å²) in [6.07, 6.45) is 3.65. The van der Waals surface area contributed by atoms with Crippen molar-refractivity contribution in [3.8, 4) is 78.7 Å². The highest BCUT2D eigenvalue weighted by Crippen LogP contribution is 2.37. The molecule has 0 bridgehead atoms. The fourth-order valence-electron chi connectivity index (χ4n) is 5.96. The topological polar surface area (TPSA) is 51.6 Å². The highest BCUT2D eigenvalue weighted by atomic mass is 15.0. The second kappa shape index (κ2) is 13.1. The average Bonchev–Trinajstić information content (AvgIpc) is 3.19. The van der Waals surface area contributed by atoms with Gasteiger partial charge >= 0.3 is 0 Å². The summed E-state index contributed by atoms with van der Waals surface area (Å²) < 4.78 is 0. The van der Waals surface area contributed by atoms with Crippen LogP contribution in [0.5, 0.6) is 0 Å². The second-order valence-corrected chi connectivity index (χ2v) is 11.6. The van der Waals surface area contributed by atoms with E-state index in [1.165, 1.54) is 27.8 Å². The van der Waals surface area contributed by atoms with Crippen LogP contribution < -0.4 is 0 Å². The van der Waals surface area contributed by atoms with Gasteiger partial charge in [-0.15, -0.1) is 0 Å². The van der Waals surface area contributed by atoms with Crippen molar-refractivity contribution in [1.29, 1.82) is 0 Å². The summed E-state index contributed by atoms with van der Waals surface area (Å²) in [5.74, 6) is 1.90. The van der Waals surface area contributed by atoms with Crippen LogP contribution in [0.25, 0.3) is 78.7 Å². The number of hydrogen-bond acceptors (Lipinski definition) is 4. The van der Waals surface area contributed by atoms with Crippen molar-refractivity contribution in [1.82, 2.24) is 19.9 Å². The summed E-state index contributed by atoms with van der Waals surface area (Å²) in [6, 6.07) is 58.7. The Kier molecular flexibility index (Phi) is 7.87. The molecule has 0 radical (unpaired) electrons. The van der Waals surface area contributed by atoms with Gasteiger partial charge in [0.1, 0.15) is 0 Å². The maximum Gasteiger partial charge on any atom is 0.164 e. The zero-order valence-corrected chi connectivity index (χ0v) is 26.1. The molecule has 6 aromatic carbocycles. The molecule has 8 aromatic rings. The highest BCUT2D eigenvalue weighted by molar-refractivity contribution is 5.87. The first-order chi connectivity index (χ1) is 23.8. The van der Waals surface area contributed by atoms with E-state index in [0.717, 1.165) is 33.4 Å². The molecule has 0 amide bonds. The number of nitrogens with zero attached hydrogens (tertiary/aromatic N) is 4. The van der Waals surface area contributed by atoms with E-state index in [-0.39, 0.29) is 0 Å². The first kappa shape index (κ1) is 28.9. The molecule has 0 unspecified atom stereocenters. The Bertz CT molecular complexity index is 2290. The monoisotopic (exact) mass is 614 g/mol. The van der Waals surface area contributed by atoms with E-state index in [1.54, 1.807) is 6.20 Å². The van der Waals surface area contributed by atoms with Crippen molar-refractivity contribution in [2.45, 2.75) is 0 Å². The fraction of sp³-hybridized carbons (Fsp3) is 0. The Hall–Kier alpha value is -6.52. The molecule has 0 aliphatic heterocycles. The lowest BCUT2D eigenvalue weighted by atomic mass is 9.91. The minimum atomic E-state index is 0.628. The summed E-state index contributed by atoms with van der Waals surface area (Å²) in [7, 11) is 0. The van der Waals surface area contributed by atoms with E-state index in [0.29, 0.717) is 17.5 Å². The molecule has 4 heteroatoms. The lowest BCUT2D eigenvalue weighted by Gasteiger charge is -2.14. The van der Waals surface area contributed by atoms with Crippen LogP contribution in [-0.4, -0.2) is 19.9 Å². The van der Waals surface area contributed by atoms with Crippen LogP contribution in [0.1, 0.15) is 0 Å². The predicted molar refractivity (Wildman–Crippen MR) is 196 cm³/mol. The van der Waals surface area contributed by atoms with Crippen molar-refractivity contribution in [3.05, 3.63) is 182 Å². The minimum Gasteiger partial charge on any atom is -0.264 e. The van der Waals surface area contributed by atoms with Gasteiger partial charge in [0.2, 0.25) is 0 Å². The Morgan fingerprint density at radius 1 is 0.271 bits per heavy atom. The first-order valence-electron chi connectivity index (χ1n) is 16.0. The van der Waals surface area contributed by atoms with Crippen LogP contribution in [0.15, 0.2) is 182 Å². The molecule has 8 rings (SSSR count). The number of hydrogen-bond donors (Lipinski definition) is 0. The van der Waals surface area contributed by atoms with Gasteiger partial charge in [0.05, 0.1) is 0 Å². The van der Waals surface area contributed by atoms with Crippen LogP contribution in [0.4, 0.5) is 0 Å². The summed E-state index contributed by atoms with van der Waals surface area (Å²) >= 11 is 0. The van der Waals surface area contributed by atoms with Gasteiger partial charge in [-0.1, -0.05) is 158 Å². The second-order valence-electron chi connectivity index (χ2n) is 11.6. The van der Waals surface area contributed by atoms with E-state index >= 15 is 0 Å². The van der Waals surface area contributed by atoms with Gasteiger partial charge in [-0.3, -0.25) is 4.98 Å². The van der Waals surface area contributed by atoms with Gasteiger partial charge in [0, 0.05) is 29.1 Å². The zero-order chi connectivity index (χ0) is 32.1. The standard InChI is InChI=1S/C44H30N4/c1-4-11-31(12-5-1)38-26-27-40(41(29-38)33-13-6-2-7-14-33)34-20-24-37(25-21-34)44-47-42(35-15-8-3-9-16-35)46-43(48-44)36-22-18-32(19-23-36)39-17-10-28-45-30-39/h1-30H. The summed E-state index contributed by atoms with van der Waals surface area (Å²) in [5.41, 5.74) is 12.0. The van der Waals surface area contributed by atoms with Crippen LogP contribution in [0, 0.1) is 0 Å². The third kappa shape index (κ3) is 6.03. The van der Waals surface area contributed by atoms with Crippen molar-refractivity contribution < 1.29 is 0 Å². The normalized spacial score (nSPS) is 10.9. The van der Waals surface area contributed by atoms with E-state index in [1.807, 2.05) is 42.6 Å².